The lowest BCUT2D eigenvalue weighted by atomic mass is 10.3. The lowest BCUT2D eigenvalue weighted by Crippen LogP contribution is -2.29. The number of nitrogens with one attached hydrogen (secondary N) is 1. The predicted molar refractivity (Wildman–Crippen MR) is 56.2 cm³/mol. The maximum atomic E-state index is 12.3. The van der Waals surface area contributed by atoms with E-state index in [0.717, 1.165) is 12.4 Å². The first-order valence-electron chi connectivity index (χ1n) is 5.32. The van der Waals surface area contributed by atoms with Gasteiger partial charge in [0.1, 0.15) is 24.3 Å². The van der Waals surface area contributed by atoms with E-state index in [9.17, 15) is 26.7 Å². The molecule has 0 aliphatic rings. The summed E-state index contributed by atoms with van der Waals surface area (Å²) in [4.78, 5) is 18.2. The topological polar surface area (TPSA) is 64.1 Å². The van der Waals surface area contributed by atoms with Gasteiger partial charge in [0.15, 0.2) is 0 Å². The Kier molecular flexibility index (Phi) is 5.74. The van der Waals surface area contributed by atoms with E-state index in [1.807, 2.05) is 0 Å². The van der Waals surface area contributed by atoms with Crippen molar-refractivity contribution in [2.24, 2.45) is 0 Å². The number of ether oxygens (including phenoxy) is 1. The molecule has 112 valence electrons. The lowest BCUT2D eigenvalue weighted by molar-refractivity contribution is -0.173. The molecule has 20 heavy (non-hydrogen) atoms. The Morgan fingerprint density at radius 2 is 2.05 bits per heavy atom. The zero-order chi connectivity index (χ0) is 15.2. The van der Waals surface area contributed by atoms with Crippen LogP contribution in [0.5, 0.6) is 0 Å². The second-order valence-electron chi connectivity index (χ2n) is 3.55. The van der Waals surface area contributed by atoms with E-state index in [-0.39, 0.29) is 18.8 Å². The van der Waals surface area contributed by atoms with E-state index in [0.29, 0.717) is 0 Å². The van der Waals surface area contributed by atoms with Crippen molar-refractivity contribution in [1.29, 1.82) is 0 Å². The first-order valence-corrected chi connectivity index (χ1v) is 5.32. The summed E-state index contributed by atoms with van der Waals surface area (Å²) in [5.74, 6) is -0.801. The smallest absolute Gasteiger partial charge is 0.370 e. The van der Waals surface area contributed by atoms with Crippen LogP contribution in [0.25, 0.3) is 0 Å². The van der Waals surface area contributed by atoms with E-state index < -0.39 is 30.8 Å². The Morgan fingerprint density at radius 1 is 1.35 bits per heavy atom. The molecule has 1 amide bonds. The standard InChI is InChI=1S/C10H10F5N3O2/c11-8(12)6-3-7(18-5-17-6)9(19)16-1-2-20-4-10(13,14)15/h3,5,8H,1-2,4H2,(H,16,19). The maximum absolute atomic E-state index is 12.3. The van der Waals surface area contributed by atoms with Crippen LogP contribution in [0.2, 0.25) is 0 Å². The average Bonchev–Trinajstić information content (AvgIpc) is 2.37. The van der Waals surface area contributed by atoms with Crippen molar-refractivity contribution in [1.82, 2.24) is 15.3 Å². The van der Waals surface area contributed by atoms with E-state index in [1.165, 1.54) is 0 Å². The number of halogens is 5. The van der Waals surface area contributed by atoms with E-state index in [2.05, 4.69) is 20.0 Å². The van der Waals surface area contributed by atoms with E-state index in [1.54, 1.807) is 0 Å². The SMILES string of the molecule is O=C(NCCOCC(F)(F)F)c1cc(C(F)F)ncn1. The summed E-state index contributed by atoms with van der Waals surface area (Å²) in [7, 11) is 0. The van der Waals surface area contributed by atoms with Crippen molar-refractivity contribution >= 4 is 5.91 Å². The molecule has 5 nitrogen and oxygen atoms in total. The summed E-state index contributed by atoms with van der Waals surface area (Å²) in [6, 6.07) is 0.802. The minimum absolute atomic E-state index is 0.205. The summed E-state index contributed by atoms with van der Waals surface area (Å²) in [5.41, 5.74) is -0.912. The molecule has 0 aromatic carbocycles. The molecule has 10 heteroatoms. The maximum Gasteiger partial charge on any atom is 0.411 e. The second-order valence-corrected chi connectivity index (χ2v) is 3.55. The highest BCUT2D eigenvalue weighted by molar-refractivity contribution is 5.92. The Labute approximate surface area is 110 Å². The number of carbonyl (C=O) groups is 1. The summed E-state index contributed by atoms with van der Waals surface area (Å²) in [6.45, 7) is -1.99. The van der Waals surface area contributed by atoms with Gasteiger partial charge >= 0.3 is 6.18 Å². The van der Waals surface area contributed by atoms with Crippen LogP contribution in [-0.4, -0.2) is 41.8 Å². The van der Waals surface area contributed by atoms with Crippen LogP contribution >= 0.6 is 0 Å². The van der Waals surface area contributed by atoms with Crippen LogP contribution in [-0.2, 0) is 4.74 Å². The van der Waals surface area contributed by atoms with Gasteiger partial charge in [-0.3, -0.25) is 4.79 Å². The minimum Gasteiger partial charge on any atom is -0.370 e. The first kappa shape index (κ1) is 16.2. The molecule has 1 aromatic heterocycles. The van der Waals surface area contributed by atoms with E-state index in [4.69, 9.17) is 0 Å². The molecular formula is C10H10F5N3O2. The molecule has 0 radical (unpaired) electrons. The summed E-state index contributed by atoms with van der Waals surface area (Å²) >= 11 is 0. The van der Waals surface area contributed by atoms with Gasteiger partial charge in [-0.25, -0.2) is 18.7 Å². The van der Waals surface area contributed by atoms with Crippen LogP contribution < -0.4 is 5.32 Å². The number of aromatic nitrogens is 2. The normalized spacial score (nSPS) is 11.7. The van der Waals surface area contributed by atoms with Crippen LogP contribution in [0.3, 0.4) is 0 Å². The number of hydrogen-bond acceptors (Lipinski definition) is 4. The lowest BCUT2D eigenvalue weighted by Gasteiger charge is -2.08. The van der Waals surface area contributed by atoms with Gasteiger partial charge in [-0.05, 0) is 6.07 Å². The van der Waals surface area contributed by atoms with Gasteiger partial charge in [0, 0.05) is 6.54 Å². The third-order valence-corrected chi connectivity index (χ3v) is 1.94. The first-order chi connectivity index (χ1) is 9.29. The molecular weight excluding hydrogens is 289 g/mol. The highest BCUT2D eigenvalue weighted by Crippen LogP contribution is 2.15. The fourth-order valence-corrected chi connectivity index (χ4v) is 1.13. The molecule has 0 unspecified atom stereocenters. The fraction of sp³-hybridized carbons (Fsp3) is 0.500. The minimum atomic E-state index is -4.44. The zero-order valence-corrected chi connectivity index (χ0v) is 9.95. The fourth-order valence-electron chi connectivity index (χ4n) is 1.13. The Balaban J connectivity index is 2.38. The summed E-state index contributed by atoms with van der Waals surface area (Å²) < 4.78 is 64.1. The van der Waals surface area contributed by atoms with Crippen molar-refractivity contribution in [2.75, 3.05) is 19.8 Å². The van der Waals surface area contributed by atoms with Gasteiger partial charge in [-0.1, -0.05) is 0 Å². The van der Waals surface area contributed by atoms with Crippen LogP contribution in [0.15, 0.2) is 12.4 Å². The van der Waals surface area contributed by atoms with Gasteiger partial charge in [0.25, 0.3) is 12.3 Å². The molecule has 1 aromatic rings. The Morgan fingerprint density at radius 3 is 2.65 bits per heavy atom. The molecule has 0 saturated heterocycles. The van der Waals surface area contributed by atoms with Crippen molar-refractivity contribution in [3.63, 3.8) is 0 Å². The predicted octanol–water partition coefficient (Wildman–Crippen LogP) is 1.72. The number of hydrogen-bond donors (Lipinski definition) is 1. The molecule has 1 heterocycles. The quantitative estimate of drug-likeness (QED) is 0.642. The molecule has 1 N–H and O–H groups in total. The monoisotopic (exact) mass is 299 g/mol. The largest absolute Gasteiger partial charge is 0.411 e. The van der Waals surface area contributed by atoms with Crippen LogP contribution in [0, 0.1) is 0 Å². The molecule has 0 bridgehead atoms. The van der Waals surface area contributed by atoms with Gasteiger partial charge in [0.05, 0.1) is 6.61 Å². The Hall–Kier alpha value is -1.84. The van der Waals surface area contributed by atoms with Crippen molar-refractivity contribution in [2.45, 2.75) is 12.6 Å². The van der Waals surface area contributed by atoms with Gasteiger partial charge < -0.3 is 10.1 Å². The molecule has 0 atom stereocenters. The summed E-state index contributed by atoms with van der Waals surface area (Å²) in [6.07, 6.45) is -6.49. The van der Waals surface area contributed by atoms with Gasteiger partial charge in [-0.2, -0.15) is 13.2 Å². The van der Waals surface area contributed by atoms with Crippen molar-refractivity contribution in [3.05, 3.63) is 23.8 Å². The average molecular weight is 299 g/mol. The zero-order valence-electron chi connectivity index (χ0n) is 9.95. The molecule has 0 spiro atoms. The molecule has 0 aliphatic heterocycles. The molecule has 0 fully saturated rings. The number of rotatable bonds is 6. The number of nitrogens with zero attached hydrogens (tertiary/aromatic N) is 2. The van der Waals surface area contributed by atoms with Gasteiger partial charge in [-0.15, -0.1) is 0 Å². The molecule has 1 rings (SSSR count). The molecule has 0 saturated carbocycles. The molecule has 0 aliphatic carbocycles. The van der Waals surface area contributed by atoms with Crippen LogP contribution in [0.1, 0.15) is 22.6 Å². The summed E-state index contributed by atoms with van der Waals surface area (Å²) in [5, 5.41) is 2.18. The number of carbonyl (C=O) groups excluding carboxylic acids is 1. The number of amides is 1. The van der Waals surface area contributed by atoms with Crippen LogP contribution in [0.4, 0.5) is 22.0 Å². The van der Waals surface area contributed by atoms with Gasteiger partial charge in [0.2, 0.25) is 0 Å². The number of alkyl halides is 5. The van der Waals surface area contributed by atoms with Crippen molar-refractivity contribution < 1.29 is 31.5 Å². The third-order valence-electron chi connectivity index (χ3n) is 1.94. The highest BCUT2D eigenvalue weighted by atomic mass is 19.4. The Bertz CT molecular complexity index is 453. The highest BCUT2D eigenvalue weighted by Gasteiger charge is 2.27. The van der Waals surface area contributed by atoms with Crippen molar-refractivity contribution in [3.8, 4) is 0 Å². The van der Waals surface area contributed by atoms with E-state index >= 15 is 0 Å². The second kappa shape index (κ2) is 7.08. The third kappa shape index (κ3) is 5.87.